The van der Waals surface area contributed by atoms with E-state index in [0.717, 1.165) is 31.2 Å². The van der Waals surface area contributed by atoms with E-state index in [1.165, 1.54) is 0 Å². The molecule has 0 aliphatic carbocycles. The molecule has 1 aromatic rings. The Bertz CT molecular complexity index is 533. The molecule has 0 bridgehead atoms. The van der Waals surface area contributed by atoms with Gasteiger partial charge in [0.05, 0.1) is 5.69 Å². The monoisotopic (exact) mass is 276 g/mol. The van der Waals surface area contributed by atoms with Crippen LogP contribution < -0.4 is 0 Å². The summed E-state index contributed by atoms with van der Waals surface area (Å²) >= 11 is 0. The Labute approximate surface area is 105 Å². The molecule has 8 heteroatoms. The summed E-state index contributed by atoms with van der Waals surface area (Å²) in [4.78, 5) is 11.0. The van der Waals surface area contributed by atoms with Crippen molar-refractivity contribution in [1.29, 1.82) is 0 Å². The van der Waals surface area contributed by atoms with Crippen LogP contribution in [0.4, 0.5) is 23.2 Å². The fourth-order valence-corrected chi connectivity index (χ4v) is 1.03. The summed E-state index contributed by atoms with van der Waals surface area (Å²) in [7, 11) is 0. The van der Waals surface area contributed by atoms with Gasteiger partial charge in [0.25, 0.3) is 0 Å². The smallest absolute Gasteiger partial charge is 0.451 e. The second-order valence-corrected chi connectivity index (χ2v) is 3.43. The Morgan fingerprint density at radius 1 is 1.21 bits per heavy atom. The van der Waals surface area contributed by atoms with Crippen molar-refractivity contribution in [3.05, 3.63) is 41.5 Å². The molecule has 1 rings (SSSR count). The first kappa shape index (κ1) is 14.8. The predicted molar refractivity (Wildman–Crippen MR) is 57.3 cm³/mol. The topological polar surface area (TPSA) is 62.0 Å². The molecule has 0 unspecified atom stereocenters. The number of benzene rings is 1. The summed E-state index contributed by atoms with van der Waals surface area (Å²) in [5, 5.41) is 15.2. The van der Waals surface area contributed by atoms with Gasteiger partial charge < -0.3 is 5.11 Å². The zero-order chi connectivity index (χ0) is 14.6. The van der Waals surface area contributed by atoms with Gasteiger partial charge in [-0.05, 0) is 24.3 Å². The van der Waals surface area contributed by atoms with E-state index in [1.807, 2.05) is 0 Å². The second-order valence-electron chi connectivity index (χ2n) is 3.43. The fraction of sp³-hybridized carbons (Fsp3) is 0.182. The summed E-state index contributed by atoms with van der Waals surface area (Å²) in [5.74, 6) is -3.77. The number of azo groups is 1. The number of carbonyl (C=O) groups excluding carboxylic acids is 1. The lowest BCUT2D eigenvalue weighted by Crippen LogP contribution is -2.16. The van der Waals surface area contributed by atoms with Crippen LogP contribution in [0.2, 0.25) is 0 Å². The predicted octanol–water partition coefficient (Wildman–Crippen LogP) is 3.83. The van der Waals surface area contributed by atoms with Crippen LogP contribution >= 0.6 is 0 Å². The summed E-state index contributed by atoms with van der Waals surface area (Å²) in [5.41, 5.74) is -1.17. The van der Waals surface area contributed by atoms with E-state index in [0.29, 0.717) is 0 Å². The van der Waals surface area contributed by atoms with Crippen LogP contribution in [0.1, 0.15) is 6.92 Å². The van der Waals surface area contributed by atoms with E-state index >= 15 is 0 Å². The number of carbonyl (C=O) groups is 1. The van der Waals surface area contributed by atoms with E-state index in [-0.39, 0.29) is 5.69 Å². The van der Waals surface area contributed by atoms with Gasteiger partial charge in [0.1, 0.15) is 5.82 Å². The number of Topliss-reactive ketones (excluding diaryl/α,β-unsaturated/α-hetero) is 1. The lowest BCUT2D eigenvalue weighted by Gasteiger charge is -2.06. The van der Waals surface area contributed by atoms with Crippen LogP contribution in [0.5, 0.6) is 0 Å². The maximum absolute atomic E-state index is 12.6. The summed E-state index contributed by atoms with van der Waals surface area (Å²) < 4.78 is 49.3. The second kappa shape index (κ2) is 5.59. The van der Waals surface area contributed by atoms with E-state index < -0.39 is 29.2 Å². The van der Waals surface area contributed by atoms with Crippen molar-refractivity contribution < 1.29 is 27.5 Å². The first-order chi connectivity index (χ1) is 8.71. The van der Waals surface area contributed by atoms with E-state index in [1.54, 1.807) is 0 Å². The third-order valence-electron chi connectivity index (χ3n) is 1.92. The Morgan fingerprint density at radius 3 is 2.16 bits per heavy atom. The molecule has 0 radical (unpaired) electrons. The van der Waals surface area contributed by atoms with Gasteiger partial charge in [-0.2, -0.15) is 18.3 Å². The molecule has 0 saturated carbocycles. The van der Waals surface area contributed by atoms with Crippen molar-refractivity contribution >= 4 is 11.5 Å². The minimum absolute atomic E-state index is 0.0372. The number of allylic oxidation sites excluding steroid dienone is 2. The average molecular weight is 276 g/mol. The lowest BCUT2D eigenvalue weighted by molar-refractivity contribution is -0.126. The zero-order valence-electron chi connectivity index (χ0n) is 9.57. The van der Waals surface area contributed by atoms with E-state index in [9.17, 15) is 22.4 Å². The van der Waals surface area contributed by atoms with Gasteiger partial charge in [0, 0.05) is 6.92 Å². The maximum Gasteiger partial charge on any atom is 0.451 e. The van der Waals surface area contributed by atoms with Gasteiger partial charge in [-0.25, -0.2) is 4.39 Å². The maximum atomic E-state index is 12.6. The van der Waals surface area contributed by atoms with Crippen molar-refractivity contribution in [1.82, 2.24) is 0 Å². The molecule has 0 fully saturated rings. The first-order valence-corrected chi connectivity index (χ1v) is 4.90. The molecule has 4 nitrogen and oxygen atoms in total. The minimum Gasteiger partial charge on any atom is -0.503 e. The molecule has 0 aliphatic heterocycles. The van der Waals surface area contributed by atoms with Crippen molar-refractivity contribution in [2.24, 2.45) is 10.2 Å². The number of nitrogens with zero attached hydrogens (tertiary/aromatic N) is 2. The van der Waals surface area contributed by atoms with Crippen LogP contribution in [0.15, 0.2) is 46.0 Å². The van der Waals surface area contributed by atoms with Gasteiger partial charge in [-0.1, -0.05) is 0 Å². The molecule has 0 spiro atoms. The number of ketones is 1. The molecule has 0 aliphatic rings. The lowest BCUT2D eigenvalue weighted by atomic mass is 10.3. The molecule has 19 heavy (non-hydrogen) atoms. The normalized spacial score (nSPS) is 13.5. The number of aliphatic hydroxyl groups is 1. The first-order valence-electron chi connectivity index (χ1n) is 4.90. The molecule has 0 atom stereocenters. The highest BCUT2D eigenvalue weighted by atomic mass is 19.4. The number of halogens is 4. The van der Waals surface area contributed by atoms with Gasteiger partial charge in [-0.3, -0.25) is 4.79 Å². The molecular formula is C11H8F4N2O2. The molecule has 1 aromatic carbocycles. The molecular weight excluding hydrogens is 268 g/mol. The summed E-state index contributed by atoms with van der Waals surface area (Å²) in [6.45, 7) is 0.807. The molecule has 0 saturated heterocycles. The third-order valence-corrected chi connectivity index (χ3v) is 1.92. The van der Waals surface area contributed by atoms with Crippen molar-refractivity contribution in [2.75, 3.05) is 0 Å². The van der Waals surface area contributed by atoms with Crippen molar-refractivity contribution in [3.63, 3.8) is 0 Å². The number of aliphatic hydroxyl groups excluding tert-OH is 1. The summed E-state index contributed by atoms with van der Waals surface area (Å²) in [6, 6.07) is 4.35. The zero-order valence-corrected chi connectivity index (χ0v) is 9.57. The Hall–Kier alpha value is -2.25. The Kier molecular flexibility index (Phi) is 4.36. The fourth-order valence-electron chi connectivity index (χ4n) is 1.03. The molecule has 0 aromatic heterocycles. The highest BCUT2D eigenvalue weighted by molar-refractivity contribution is 5.93. The highest BCUT2D eigenvalue weighted by Gasteiger charge is 2.38. The van der Waals surface area contributed by atoms with Crippen LogP contribution in [0.3, 0.4) is 0 Å². The van der Waals surface area contributed by atoms with Crippen LogP contribution in [0, 0.1) is 5.82 Å². The molecule has 0 heterocycles. The average Bonchev–Trinajstić information content (AvgIpc) is 2.30. The van der Waals surface area contributed by atoms with Gasteiger partial charge in [0.15, 0.2) is 11.5 Å². The van der Waals surface area contributed by atoms with Gasteiger partial charge in [-0.15, -0.1) is 5.11 Å². The van der Waals surface area contributed by atoms with E-state index in [2.05, 4.69) is 10.2 Å². The largest absolute Gasteiger partial charge is 0.503 e. The third kappa shape index (κ3) is 4.16. The van der Waals surface area contributed by atoms with Crippen LogP contribution in [-0.2, 0) is 4.79 Å². The quantitative estimate of drug-likeness (QED) is 0.394. The highest BCUT2D eigenvalue weighted by Crippen LogP contribution is 2.27. The van der Waals surface area contributed by atoms with Crippen molar-refractivity contribution in [2.45, 2.75) is 13.1 Å². The van der Waals surface area contributed by atoms with Gasteiger partial charge >= 0.3 is 6.18 Å². The molecule has 1 N–H and O–H groups in total. The summed E-state index contributed by atoms with van der Waals surface area (Å²) in [6.07, 6.45) is -5.09. The number of hydrogen-bond donors (Lipinski definition) is 1. The van der Waals surface area contributed by atoms with E-state index in [4.69, 9.17) is 5.11 Å². The number of rotatable bonds is 3. The number of alkyl halides is 3. The Morgan fingerprint density at radius 2 is 1.74 bits per heavy atom. The SMILES string of the molecule is CC(=O)C(N=Nc1ccc(F)cc1)=C(O)C(F)(F)F. The standard InChI is InChI=1S/C11H8F4N2O2/c1-6(18)9(10(19)11(13,14)15)17-16-8-4-2-7(12)3-5-8/h2-5,19H,1H3. The molecule has 0 amide bonds. The molecule has 102 valence electrons. The van der Waals surface area contributed by atoms with Gasteiger partial charge in [0.2, 0.25) is 5.76 Å². The Balaban J connectivity index is 3.11. The van der Waals surface area contributed by atoms with Crippen LogP contribution in [-0.4, -0.2) is 17.1 Å². The minimum atomic E-state index is -5.09. The van der Waals surface area contributed by atoms with Crippen molar-refractivity contribution in [3.8, 4) is 0 Å². The van der Waals surface area contributed by atoms with Crippen LogP contribution in [0.25, 0.3) is 0 Å². The number of hydrogen-bond acceptors (Lipinski definition) is 4.